The van der Waals surface area contributed by atoms with E-state index in [1.807, 2.05) is 49.4 Å². The maximum Gasteiger partial charge on any atom is 0.197 e. The maximum atomic E-state index is 5.92. The molecule has 0 unspecified atom stereocenters. The van der Waals surface area contributed by atoms with Crippen molar-refractivity contribution in [1.82, 2.24) is 9.97 Å². The minimum atomic E-state index is 0.523. The summed E-state index contributed by atoms with van der Waals surface area (Å²) in [6.07, 6.45) is 2.38. The van der Waals surface area contributed by atoms with Gasteiger partial charge < -0.3 is 13.9 Å². The van der Waals surface area contributed by atoms with E-state index in [9.17, 15) is 0 Å². The molecule has 0 amide bonds. The number of hydrogen-bond acceptors (Lipinski definition) is 7. The van der Waals surface area contributed by atoms with Gasteiger partial charge in [-0.1, -0.05) is 12.1 Å². The molecule has 0 spiro atoms. The van der Waals surface area contributed by atoms with Gasteiger partial charge >= 0.3 is 0 Å². The van der Waals surface area contributed by atoms with Crippen LogP contribution in [0, 0.1) is 0 Å². The van der Waals surface area contributed by atoms with Crippen molar-refractivity contribution >= 4 is 33.6 Å². The molecule has 7 nitrogen and oxygen atoms in total. The van der Waals surface area contributed by atoms with E-state index in [2.05, 4.69) is 20.5 Å². The fourth-order valence-electron chi connectivity index (χ4n) is 3.19. The first kappa shape index (κ1) is 16.6. The van der Waals surface area contributed by atoms with Gasteiger partial charge in [0.2, 0.25) is 0 Å². The van der Waals surface area contributed by atoms with Crippen molar-refractivity contribution in [3.63, 3.8) is 0 Å². The molecule has 7 heteroatoms. The molecule has 0 saturated carbocycles. The van der Waals surface area contributed by atoms with Gasteiger partial charge in [0.05, 0.1) is 18.9 Å². The summed E-state index contributed by atoms with van der Waals surface area (Å²) in [6, 6.07) is 13.6. The first-order valence-corrected chi connectivity index (χ1v) is 9.12. The molecule has 2 aromatic carbocycles. The molecule has 28 heavy (non-hydrogen) atoms. The van der Waals surface area contributed by atoms with Crippen LogP contribution in [0.15, 0.2) is 58.3 Å². The summed E-state index contributed by atoms with van der Waals surface area (Å²) >= 11 is 0. The van der Waals surface area contributed by atoms with Gasteiger partial charge in [-0.25, -0.2) is 9.97 Å². The van der Waals surface area contributed by atoms with Crippen LogP contribution in [-0.2, 0) is 0 Å². The van der Waals surface area contributed by atoms with E-state index in [1.54, 1.807) is 0 Å². The van der Waals surface area contributed by atoms with Crippen LogP contribution in [0.3, 0.4) is 0 Å². The summed E-state index contributed by atoms with van der Waals surface area (Å²) in [4.78, 5) is 8.63. The predicted octanol–water partition coefficient (Wildman–Crippen LogP) is 4.37. The van der Waals surface area contributed by atoms with Crippen molar-refractivity contribution in [3.05, 3.63) is 54.4 Å². The Morgan fingerprint density at radius 3 is 2.82 bits per heavy atom. The smallest absolute Gasteiger partial charge is 0.197 e. The summed E-state index contributed by atoms with van der Waals surface area (Å²) in [7, 11) is 0. The highest BCUT2D eigenvalue weighted by atomic mass is 16.5. The molecule has 0 bridgehead atoms. The average Bonchev–Trinajstić information content (AvgIpc) is 2.95. The molecule has 0 saturated heterocycles. The van der Waals surface area contributed by atoms with Gasteiger partial charge in [0.25, 0.3) is 0 Å². The second-order valence-corrected chi connectivity index (χ2v) is 6.52. The molecule has 5 rings (SSSR count). The molecule has 3 heterocycles. The Kier molecular flexibility index (Phi) is 4.05. The summed E-state index contributed by atoms with van der Waals surface area (Å²) < 4.78 is 17.4. The van der Waals surface area contributed by atoms with E-state index >= 15 is 0 Å². The van der Waals surface area contributed by atoms with Crippen LogP contribution < -0.4 is 14.9 Å². The fourth-order valence-corrected chi connectivity index (χ4v) is 3.19. The number of aromatic nitrogens is 2. The fraction of sp³-hybridized carbons (Fsp3) is 0.190. The predicted molar refractivity (Wildman–Crippen MR) is 107 cm³/mol. The number of para-hydroxylation sites is 1. The highest BCUT2D eigenvalue weighted by Gasteiger charge is 2.14. The molecule has 0 fully saturated rings. The number of nitrogens with zero attached hydrogens (tertiary/aromatic N) is 3. The Bertz CT molecular complexity index is 1200. The molecule has 140 valence electrons. The zero-order valence-electron chi connectivity index (χ0n) is 15.3. The van der Waals surface area contributed by atoms with Crippen molar-refractivity contribution in [2.24, 2.45) is 5.10 Å². The lowest BCUT2D eigenvalue weighted by Gasteiger charge is -2.09. The zero-order valence-corrected chi connectivity index (χ0v) is 15.3. The van der Waals surface area contributed by atoms with Gasteiger partial charge in [0.1, 0.15) is 17.4 Å². The third kappa shape index (κ3) is 2.90. The second kappa shape index (κ2) is 6.84. The van der Waals surface area contributed by atoms with Crippen LogP contribution in [0.5, 0.6) is 11.5 Å². The van der Waals surface area contributed by atoms with Crippen LogP contribution in [0.2, 0.25) is 0 Å². The van der Waals surface area contributed by atoms with Crippen LogP contribution in [-0.4, -0.2) is 28.9 Å². The molecule has 4 aromatic rings. The molecule has 0 aliphatic carbocycles. The van der Waals surface area contributed by atoms with Gasteiger partial charge in [-0.3, -0.25) is 5.43 Å². The maximum absolute atomic E-state index is 5.92. The molecular formula is C21H18N4O3. The standard InChI is InChI=1S/C21H18N4O3/c1-13(14-7-8-17-18(11-14)27-10-4-9-26-17)24-25-21-20-19(22-12-23-21)15-5-2-3-6-16(15)28-20/h2-3,5-8,11-12H,4,9-10H2,1H3,(H,22,23,25)/b24-13-. The number of fused-ring (bicyclic) bond motifs is 4. The lowest BCUT2D eigenvalue weighted by molar-refractivity contribution is 0.297. The Balaban J connectivity index is 1.47. The van der Waals surface area contributed by atoms with E-state index < -0.39 is 0 Å². The number of rotatable bonds is 3. The normalized spacial score (nSPS) is 14.2. The van der Waals surface area contributed by atoms with Crippen molar-refractivity contribution < 1.29 is 13.9 Å². The quantitative estimate of drug-likeness (QED) is 0.423. The molecule has 1 aliphatic rings. The van der Waals surface area contributed by atoms with Gasteiger partial charge in [0, 0.05) is 17.4 Å². The lowest BCUT2D eigenvalue weighted by atomic mass is 10.1. The Morgan fingerprint density at radius 1 is 1.04 bits per heavy atom. The minimum Gasteiger partial charge on any atom is -0.490 e. The number of hydrogen-bond donors (Lipinski definition) is 1. The molecule has 1 N–H and O–H groups in total. The van der Waals surface area contributed by atoms with Crippen LogP contribution in [0.1, 0.15) is 18.9 Å². The topological polar surface area (TPSA) is 81.8 Å². The highest BCUT2D eigenvalue weighted by molar-refractivity contribution is 6.05. The zero-order chi connectivity index (χ0) is 18.9. The van der Waals surface area contributed by atoms with E-state index in [1.165, 1.54) is 6.33 Å². The van der Waals surface area contributed by atoms with Crippen molar-refractivity contribution in [2.75, 3.05) is 18.6 Å². The summed E-state index contributed by atoms with van der Waals surface area (Å²) in [5, 5.41) is 5.43. The van der Waals surface area contributed by atoms with Gasteiger partial charge in [0.15, 0.2) is 22.9 Å². The highest BCUT2D eigenvalue weighted by Crippen LogP contribution is 2.32. The van der Waals surface area contributed by atoms with Crippen molar-refractivity contribution in [1.29, 1.82) is 0 Å². The third-order valence-electron chi connectivity index (χ3n) is 4.65. The van der Waals surface area contributed by atoms with Gasteiger partial charge in [-0.05, 0) is 37.3 Å². The Morgan fingerprint density at radius 2 is 1.89 bits per heavy atom. The van der Waals surface area contributed by atoms with Crippen LogP contribution >= 0.6 is 0 Å². The minimum absolute atomic E-state index is 0.523. The lowest BCUT2D eigenvalue weighted by Crippen LogP contribution is -2.02. The monoisotopic (exact) mass is 374 g/mol. The number of anilines is 1. The van der Waals surface area contributed by atoms with Crippen molar-refractivity contribution in [2.45, 2.75) is 13.3 Å². The van der Waals surface area contributed by atoms with Crippen LogP contribution in [0.25, 0.3) is 22.1 Å². The Labute approximate surface area is 161 Å². The molecule has 2 aromatic heterocycles. The van der Waals surface area contributed by atoms with Crippen LogP contribution in [0.4, 0.5) is 5.82 Å². The number of ether oxygens (including phenoxy) is 2. The van der Waals surface area contributed by atoms with E-state index in [-0.39, 0.29) is 0 Å². The Hall–Kier alpha value is -3.61. The van der Waals surface area contributed by atoms with Gasteiger partial charge in [-0.15, -0.1) is 0 Å². The van der Waals surface area contributed by atoms with E-state index in [0.717, 1.165) is 45.7 Å². The largest absolute Gasteiger partial charge is 0.490 e. The average molecular weight is 374 g/mol. The molecule has 0 radical (unpaired) electrons. The summed E-state index contributed by atoms with van der Waals surface area (Å²) in [6.45, 7) is 3.24. The first-order valence-electron chi connectivity index (χ1n) is 9.12. The van der Waals surface area contributed by atoms with E-state index in [4.69, 9.17) is 13.9 Å². The number of hydrazone groups is 1. The number of furan rings is 1. The first-order chi connectivity index (χ1) is 13.8. The summed E-state index contributed by atoms with van der Waals surface area (Å²) in [5.41, 5.74) is 6.85. The second-order valence-electron chi connectivity index (χ2n) is 6.52. The van der Waals surface area contributed by atoms with Gasteiger partial charge in [-0.2, -0.15) is 5.10 Å². The SMILES string of the molecule is C/C(=N/Nc1ncnc2c1oc1ccccc12)c1ccc2c(c1)OCCCO2. The molecular weight excluding hydrogens is 356 g/mol. The number of benzene rings is 2. The number of nitrogens with one attached hydrogen (secondary N) is 1. The van der Waals surface area contributed by atoms with Crippen molar-refractivity contribution in [3.8, 4) is 11.5 Å². The molecule has 0 atom stereocenters. The third-order valence-corrected chi connectivity index (χ3v) is 4.65. The molecule has 1 aliphatic heterocycles. The summed E-state index contributed by atoms with van der Waals surface area (Å²) in [5.74, 6) is 2.03. The van der Waals surface area contributed by atoms with E-state index in [0.29, 0.717) is 24.6 Å².